The maximum Gasteiger partial charge on any atom is 0.197 e. The number of pyridine rings is 1. The summed E-state index contributed by atoms with van der Waals surface area (Å²) in [4.78, 5) is 11.7. The molecule has 0 fully saturated rings. The van der Waals surface area contributed by atoms with E-state index >= 15 is 0 Å². The largest absolute Gasteiger partial charge is 0.251 e. The fraction of sp³-hybridized carbons (Fsp3) is 0. The number of hydrogen-bond donors (Lipinski definition) is 0. The molecular weight excluding hydrogens is 400 g/mol. The van der Waals surface area contributed by atoms with E-state index < -0.39 is 5.82 Å². The van der Waals surface area contributed by atoms with Crippen LogP contribution in [0.1, 0.15) is 0 Å². The van der Waals surface area contributed by atoms with Crippen molar-refractivity contribution in [3.05, 3.63) is 37.3 Å². The van der Waals surface area contributed by atoms with Crippen LogP contribution in [0.2, 0.25) is 10.3 Å². The SMILES string of the molecule is Fc1c(Cl)nc(-c2ncc(Br)cc2Br)nc1Cl. The molecule has 2 aromatic rings. The predicted molar refractivity (Wildman–Crippen MR) is 70.6 cm³/mol. The highest BCUT2D eigenvalue weighted by molar-refractivity contribution is 9.11. The number of aromatic nitrogens is 3. The molecule has 0 atom stereocenters. The van der Waals surface area contributed by atoms with Crippen LogP contribution in [-0.4, -0.2) is 15.0 Å². The van der Waals surface area contributed by atoms with Gasteiger partial charge in [-0.05, 0) is 37.9 Å². The second kappa shape index (κ2) is 5.14. The first kappa shape index (κ1) is 13.1. The maximum atomic E-state index is 13.2. The number of nitrogens with zero attached hydrogens (tertiary/aromatic N) is 3. The Morgan fingerprint density at radius 3 is 2.24 bits per heavy atom. The van der Waals surface area contributed by atoms with Gasteiger partial charge < -0.3 is 0 Å². The van der Waals surface area contributed by atoms with Gasteiger partial charge in [-0.15, -0.1) is 0 Å². The van der Waals surface area contributed by atoms with Crippen molar-refractivity contribution in [2.24, 2.45) is 0 Å². The minimum absolute atomic E-state index is 0.153. The Bertz CT molecular complexity index is 571. The highest BCUT2D eigenvalue weighted by Crippen LogP contribution is 2.29. The summed E-state index contributed by atoms with van der Waals surface area (Å²) in [5.74, 6) is -0.689. The van der Waals surface area contributed by atoms with E-state index in [4.69, 9.17) is 23.2 Å². The van der Waals surface area contributed by atoms with E-state index in [1.165, 1.54) is 0 Å². The average Bonchev–Trinajstić information content (AvgIpc) is 2.25. The zero-order valence-electron chi connectivity index (χ0n) is 7.89. The quantitative estimate of drug-likeness (QED) is 0.660. The Balaban J connectivity index is 2.61. The average molecular weight is 402 g/mol. The van der Waals surface area contributed by atoms with Crippen molar-refractivity contribution >= 4 is 55.1 Å². The van der Waals surface area contributed by atoms with Gasteiger partial charge in [0.15, 0.2) is 21.9 Å². The molecule has 17 heavy (non-hydrogen) atoms. The second-order valence-corrected chi connectivity index (χ2v) is 5.41. The molecule has 0 bridgehead atoms. The van der Waals surface area contributed by atoms with Crippen LogP contribution < -0.4 is 0 Å². The van der Waals surface area contributed by atoms with Crippen LogP contribution in [0.15, 0.2) is 21.2 Å². The summed E-state index contributed by atoms with van der Waals surface area (Å²) in [7, 11) is 0. The fourth-order valence-corrected chi connectivity index (χ4v) is 2.63. The minimum atomic E-state index is -0.842. The van der Waals surface area contributed by atoms with Gasteiger partial charge in [-0.1, -0.05) is 23.2 Å². The molecule has 0 radical (unpaired) electrons. The number of halogens is 5. The van der Waals surface area contributed by atoms with Crippen molar-refractivity contribution in [2.75, 3.05) is 0 Å². The summed E-state index contributed by atoms with van der Waals surface area (Å²) in [6.07, 6.45) is 1.56. The topological polar surface area (TPSA) is 38.7 Å². The molecule has 0 aromatic carbocycles. The lowest BCUT2D eigenvalue weighted by molar-refractivity contribution is 0.615. The van der Waals surface area contributed by atoms with Crippen LogP contribution in [0.25, 0.3) is 11.5 Å². The van der Waals surface area contributed by atoms with Gasteiger partial charge >= 0.3 is 0 Å². The van der Waals surface area contributed by atoms with Crippen molar-refractivity contribution in [2.45, 2.75) is 0 Å². The monoisotopic (exact) mass is 399 g/mol. The van der Waals surface area contributed by atoms with E-state index in [1.54, 1.807) is 12.3 Å². The van der Waals surface area contributed by atoms with E-state index in [9.17, 15) is 4.39 Å². The first-order valence-electron chi connectivity index (χ1n) is 4.19. The summed E-state index contributed by atoms with van der Waals surface area (Å²) in [6, 6.07) is 1.76. The standard InChI is InChI=1S/C9H2Br2Cl2FN3/c10-3-1-4(11)6(15-2-3)9-16-7(12)5(14)8(13)17-9/h1-2H. The first-order valence-corrected chi connectivity index (χ1v) is 6.53. The van der Waals surface area contributed by atoms with Crippen molar-refractivity contribution in [3.8, 4) is 11.5 Å². The molecule has 0 saturated heterocycles. The van der Waals surface area contributed by atoms with Gasteiger partial charge in [-0.3, -0.25) is 4.98 Å². The molecule has 88 valence electrons. The molecule has 0 aliphatic heterocycles. The molecule has 0 aliphatic carbocycles. The van der Waals surface area contributed by atoms with Gasteiger partial charge in [0.1, 0.15) is 5.69 Å². The van der Waals surface area contributed by atoms with Crippen LogP contribution in [0.5, 0.6) is 0 Å². The van der Waals surface area contributed by atoms with Gasteiger partial charge in [0.25, 0.3) is 0 Å². The van der Waals surface area contributed by atoms with Gasteiger partial charge in [0, 0.05) is 15.1 Å². The molecule has 2 heterocycles. The molecule has 2 rings (SSSR count). The summed E-state index contributed by atoms with van der Waals surface area (Å²) in [5.41, 5.74) is 0.428. The highest BCUT2D eigenvalue weighted by Gasteiger charge is 2.15. The zero-order chi connectivity index (χ0) is 12.6. The summed E-state index contributed by atoms with van der Waals surface area (Å²) in [5, 5.41) is -0.673. The summed E-state index contributed by atoms with van der Waals surface area (Å²) >= 11 is 17.7. The van der Waals surface area contributed by atoms with Gasteiger partial charge in [0.2, 0.25) is 0 Å². The van der Waals surface area contributed by atoms with Crippen molar-refractivity contribution in [1.29, 1.82) is 0 Å². The van der Waals surface area contributed by atoms with E-state index in [0.717, 1.165) is 4.47 Å². The van der Waals surface area contributed by atoms with E-state index in [0.29, 0.717) is 10.2 Å². The molecule has 0 saturated carbocycles. The molecule has 0 amide bonds. The highest BCUT2D eigenvalue weighted by atomic mass is 79.9. The summed E-state index contributed by atoms with van der Waals surface area (Å²) in [6.45, 7) is 0. The van der Waals surface area contributed by atoms with E-state index in [-0.39, 0.29) is 16.1 Å². The molecule has 2 aromatic heterocycles. The van der Waals surface area contributed by atoms with Crippen LogP contribution in [-0.2, 0) is 0 Å². The van der Waals surface area contributed by atoms with Gasteiger partial charge in [0.05, 0.1) is 0 Å². The molecule has 0 aliphatic rings. The number of hydrogen-bond acceptors (Lipinski definition) is 3. The van der Waals surface area contributed by atoms with Crippen LogP contribution >= 0.6 is 55.1 Å². The predicted octanol–water partition coefficient (Wildman–Crippen LogP) is 4.51. The maximum absolute atomic E-state index is 13.2. The Labute approximate surface area is 123 Å². The first-order chi connectivity index (χ1) is 7.99. The molecule has 0 unspecified atom stereocenters. The third kappa shape index (κ3) is 2.76. The third-order valence-electron chi connectivity index (χ3n) is 1.79. The Morgan fingerprint density at radius 2 is 1.71 bits per heavy atom. The number of rotatable bonds is 1. The fourth-order valence-electron chi connectivity index (χ4n) is 1.08. The molecule has 8 heteroatoms. The van der Waals surface area contributed by atoms with Crippen LogP contribution in [0.3, 0.4) is 0 Å². The van der Waals surface area contributed by atoms with Crippen LogP contribution in [0, 0.1) is 5.82 Å². The van der Waals surface area contributed by atoms with E-state index in [2.05, 4.69) is 46.8 Å². The van der Waals surface area contributed by atoms with Crippen molar-refractivity contribution < 1.29 is 4.39 Å². The molecular formula is C9H2Br2Cl2FN3. The lowest BCUT2D eigenvalue weighted by Gasteiger charge is -2.04. The molecule has 0 N–H and O–H groups in total. The zero-order valence-corrected chi connectivity index (χ0v) is 12.6. The lowest BCUT2D eigenvalue weighted by atomic mass is 10.3. The van der Waals surface area contributed by atoms with Gasteiger partial charge in [-0.25, -0.2) is 14.4 Å². The van der Waals surface area contributed by atoms with Crippen LogP contribution in [0.4, 0.5) is 4.39 Å². The molecule has 3 nitrogen and oxygen atoms in total. The summed E-state index contributed by atoms with van der Waals surface area (Å²) < 4.78 is 14.6. The normalized spacial score (nSPS) is 10.6. The van der Waals surface area contributed by atoms with Crippen molar-refractivity contribution in [3.63, 3.8) is 0 Å². The third-order valence-corrected chi connectivity index (χ3v) is 3.33. The minimum Gasteiger partial charge on any atom is -0.251 e. The Kier molecular flexibility index (Phi) is 3.97. The lowest BCUT2D eigenvalue weighted by Crippen LogP contribution is -1.97. The van der Waals surface area contributed by atoms with E-state index in [1.807, 2.05) is 0 Å². The second-order valence-electron chi connectivity index (χ2n) is 2.93. The van der Waals surface area contributed by atoms with Crippen molar-refractivity contribution in [1.82, 2.24) is 15.0 Å². The van der Waals surface area contributed by atoms with Gasteiger partial charge in [-0.2, -0.15) is 0 Å². The molecule has 0 spiro atoms. The Hall–Kier alpha value is -0.300. The smallest absolute Gasteiger partial charge is 0.197 e. The Morgan fingerprint density at radius 1 is 1.12 bits per heavy atom.